The molecule has 2 aromatic rings. The fourth-order valence-electron chi connectivity index (χ4n) is 3.05. The minimum atomic E-state index is -0.0412. The van der Waals surface area contributed by atoms with Crippen LogP contribution in [0.1, 0.15) is 22.3 Å². The maximum atomic E-state index is 12.9. The number of nitrogens with zero attached hydrogens (tertiary/aromatic N) is 1. The SMILES string of the molecule is O=C1CCc2cc(C(=O)N3CCOc4ccccc43)ccc2N1. The molecule has 5 heteroatoms. The van der Waals surface area contributed by atoms with Gasteiger partial charge in [-0.25, -0.2) is 0 Å². The van der Waals surface area contributed by atoms with E-state index in [1.165, 1.54) is 0 Å². The summed E-state index contributed by atoms with van der Waals surface area (Å²) >= 11 is 0. The molecule has 1 N–H and O–H groups in total. The molecule has 5 nitrogen and oxygen atoms in total. The van der Waals surface area contributed by atoms with Crippen LogP contribution in [0.15, 0.2) is 42.5 Å². The smallest absolute Gasteiger partial charge is 0.258 e. The van der Waals surface area contributed by atoms with E-state index in [0.29, 0.717) is 31.6 Å². The summed E-state index contributed by atoms with van der Waals surface area (Å²) in [5.74, 6) is 0.719. The van der Waals surface area contributed by atoms with Gasteiger partial charge >= 0.3 is 0 Å². The number of hydrogen-bond donors (Lipinski definition) is 1. The first kappa shape index (κ1) is 13.8. The summed E-state index contributed by atoms with van der Waals surface area (Å²) < 4.78 is 5.60. The maximum Gasteiger partial charge on any atom is 0.258 e. The Hall–Kier alpha value is -2.82. The number of nitrogens with one attached hydrogen (secondary N) is 1. The zero-order valence-corrected chi connectivity index (χ0v) is 12.5. The molecule has 0 radical (unpaired) electrons. The molecule has 0 saturated heterocycles. The first-order valence-electron chi connectivity index (χ1n) is 7.69. The lowest BCUT2D eigenvalue weighted by Crippen LogP contribution is -2.38. The van der Waals surface area contributed by atoms with Crippen LogP contribution in [-0.4, -0.2) is 25.0 Å². The Morgan fingerprint density at radius 3 is 2.91 bits per heavy atom. The van der Waals surface area contributed by atoms with Crippen molar-refractivity contribution in [3.05, 3.63) is 53.6 Å². The molecule has 0 bridgehead atoms. The summed E-state index contributed by atoms with van der Waals surface area (Å²) in [5.41, 5.74) is 3.25. The number of hydrogen-bond acceptors (Lipinski definition) is 3. The van der Waals surface area contributed by atoms with Crippen molar-refractivity contribution < 1.29 is 14.3 Å². The lowest BCUT2D eigenvalue weighted by Gasteiger charge is -2.29. The second-order valence-electron chi connectivity index (χ2n) is 5.69. The van der Waals surface area contributed by atoms with E-state index in [2.05, 4.69) is 5.32 Å². The second-order valence-corrected chi connectivity index (χ2v) is 5.69. The molecule has 2 heterocycles. The van der Waals surface area contributed by atoms with Crippen LogP contribution in [-0.2, 0) is 11.2 Å². The Morgan fingerprint density at radius 2 is 2.00 bits per heavy atom. The van der Waals surface area contributed by atoms with Crippen molar-refractivity contribution in [2.75, 3.05) is 23.4 Å². The molecule has 0 aromatic heterocycles. The van der Waals surface area contributed by atoms with Crippen LogP contribution >= 0.6 is 0 Å². The van der Waals surface area contributed by atoms with Gasteiger partial charge in [0.2, 0.25) is 5.91 Å². The van der Waals surface area contributed by atoms with Gasteiger partial charge in [0.1, 0.15) is 12.4 Å². The number of aryl methyl sites for hydroxylation is 1. The van der Waals surface area contributed by atoms with Gasteiger partial charge in [-0.15, -0.1) is 0 Å². The summed E-state index contributed by atoms with van der Waals surface area (Å²) in [6.07, 6.45) is 1.13. The fraction of sp³-hybridized carbons (Fsp3) is 0.222. The largest absolute Gasteiger partial charge is 0.490 e. The van der Waals surface area contributed by atoms with Crippen LogP contribution in [0.3, 0.4) is 0 Å². The van der Waals surface area contributed by atoms with E-state index in [9.17, 15) is 9.59 Å². The standard InChI is InChI=1S/C18H16N2O3/c21-17-8-6-12-11-13(5-7-14(12)19-17)18(22)20-9-10-23-16-4-2-1-3-15(16)20/h1-5,7,11H,6,8-10H2,(H,19,21). The van der Waals surface area contributed by atoms with Gasteiger partial charge < -0.3 is 15.0 Å². The van der Waals surface area contributed by atoms with Gasteiger partial charge in [-0.05, 0) is 42.3 Å². The Kier molecular flexibility index (Phi) is 3.26. The maximum absolute atomic E-state index is 12.9. The summed E-state index contributed by atoms with van der Waals surface area (Å²) in [5, 5.41) is 2.84. The number of rotatable bonds is 1. The Labute approximate surface area is 133 Å². The average molecular weight is 308 g/mol. The van der Waals surface area contributed by atoms with E-state index in [1.54, 1.807) is 11.0 Å². The zero-order valence-electron chi connectivity index (χ0n) is 12.5. The van der Waals surface area contributed by atoms with E-state index in [0.717, 1.165) is 22.7 Å². The molecule has 23 heavy (non-hydrogen) atoms. The number of para-hydroxylation sites is 2. The van der Waals surface area contributed by atoms with Crippen LogP contribution in [0.2, 0.25) is 0 Å². The van der Waals surface area contributed by atoms with Crippen molar-refractivity contribution in [2.24, 2.45) is 0 Å². The molecule has 2 aromatic carbocycles. The highest BCUT2D eigenvalue weighted by atomic mass is 16.5. The molecule has 0 atom stereocenters. The average Bonchev–Trinajstić information content (AvgIpc) is 2.60. The van der Waals surface area contributed by atoms with Gasteiger partial charge in [0.15, 0.2) is 0 Å². The third-order valence-corrected chi connectivity index (χ3v) is 4.22. The molecule has 116 valence electrons. The van der Waals surface area contributed by atoms with Gasteiger partial charge in [-0.3, -0.25) is 9.59 Å². The van der Waals surface area contributed by atoms with Gasteiger partial charge in [-0.2, -0.15) is 0 Å². The molecule has 4 rings (SSSR count). The van der Waals surface area contributed by atoms with Crippen LogP contribution in [0.4, 0.5) is 11.4 Å². The van der Waals surface area contributed by atoms with E-state index >= 15 is 0 Å². The van der Waals surface area contributed by atoms with Gasteiger partial charge in [-0.1, -0.05) is 12.1 Å². The number of carbonyl (C=O) groups is 2. The number of fused-ring (bicyclic) bond motifs is 2. The highest BCUT2D eigenvalue weighted by Crippen LogP contribution is 2.32. The normalized spacial score (nSPS) is 16.0. The minimum Gasteiger partial charge on any atom is -0.490 e. The number of anilines is 2. The summed E-state index contributed by atoms with van der Waals surface area (Å²) in [6.45, 7) is 1.02. The first-order valence-corrected chi connectivity index (χ1v) is 7.69. The van der Waals surface area contributed by atoms with Gasteiger partial charge in [0.25, 0.3) is 5.91 Å². The van der Waals surface area contributed by atoms with Gasteiger partial charge in [0.05, 0.1) is 12.2 Å². The lowest BCUT2D eigenvalue weighted by molar-refractivity contribution is -0.116. The Morgan fingerprint density at radius 1 is 1.13 bits per heavy atom. The summed E-state index contributed by atoms with van der Waals surface area (Å²) in [7, 11) is 0. The Bertz CT molecular complexity index is 801. The van der Waals surface area contributed by atoms with Crippen molar-refractivity contribution in [3.8, 4) is 5.75 Å². The van der Waals surface area contributed by atoms with Crippen molar-refractivity contribution in [1.29, 1.82) is 0 Å². The number of amides is 2. The van der Waals surface area contributed by atoms with Crippen LogP contribution < -0.4 is 15.0 Å². The molecule has 0 aliphatic carbocycles. The van der Waals surface area contributed by atoms with Gasteiger partial charge in [0, 0.05) is 17.7 Å². The molecular weight excluding hydrogens is 292 g/mol. The van der Waals surface area contributed by atoms with Crippen molar-refractivity contribution in [1.82, 2.24) is 0 Å². The molecular formula is C18H16N2O3. The monoisotopic (exact) mass is 308 g/mol. The molecule has 0 saturated carbocycles. The molecule has 0 fully saturated rings. The fourth-order valence-corrected chi connectivity index (χ4v) is 3.05. The van der Waals surface area contributed by atoms with Crippen LogP contribution in [0.25, 0.3) is 0 Å². The molecule has 2 aliphatic heterocycles. The molecule has 0 spiro atoms. The molecule has 2 aliphatic rings. The van der Waals surface area contributed by atoms with E-state index in [4.69, 9.17) is 4.74 Å². The minimum absolute atomic E-state index is 0.0266. The molecule has 0 unspecified atom stereocenters. The van der Waals surface area contributed by atoms with E-state index < -0.39 is 0 Å². The van der Waals surface area contributed by atoms with Crippen molar-refractivity contribution in [3.63, 3.8) is 0 Å². The van der Waals surface area contributed by atoms with E-state index in [1.807, 2.05) is 36.4 Å². The number of benzene rings is 2. The Balaban J connectivity index is 1.67. The summed E-state index contributed by atoms with van der Waals surface area (Å²) in [4.78, 5) is 26.1. The van der Waals surface area contributed by atoms with Crippen molar-refractivity contribution in [2.45, 2.75) is 12.8 Å². The zero-order chi connectivity index (χ0) is 15.8. The number of carbonyl (C=O) groups excluding carboxylic acids is 2. The summed E-state index contributed by atoms with van der Waals surface area (Å²) in [6, 6.07) is 13.0. The number of ether oxygens (including phenoxy) is 1. The quantitative estimate of drug-likeness (QED) is 0.881. The van der Waals surface area contributed by atoms with Crippen LogP contribution in [0, 0.1) is 0 Å². The highest BCUT2D eigenvalue weighted by molar-refractivity contribution is 6.08. The topological polar surface area (TPSA) is 58.6 Å². The van der Waals surface area contributed by atoms with E-state index in [-0.39, 0.29) is 11.8 Å². The molecule has 2 amide bonds. The first-order chi connectivity index (χ1) is 11.2. The third kappa shape index (κ3) is 2.44. The highest BCUT2D eigenvalue weighted by Gasteiger charge is 2.25. The second kappa shape index (κ2) is 5.43. The third-order valence-electron chi connectivity index (χ3n) is 4.22. The lowest BCUT2D eigenvalue weighted by atomic mass is 9.99. The van der Waals surface area contributed by atoms with Crippen molar-refractivity contribution >= 4 is 23.2 Å². The predicted molar refractivity (Wildman–Crippen MR) is 87.0 cm³/mol. The predicted octanol–water partition coefficient (Wildman–Crippen LogP) is 2.61. The van der Waals surface area contributed by atoms with Crippen LogP contribution in [0.5, 0.6) is 5.75 Å².